The minimum Gasteiger partial charge on any atom is -0.508 e. The summed E-state index contributed by atoms with van der Waals surface area (Å²) in [5.41, 5.74) is 9.16. The molecule has 42 heavy (non-hydrogen) atoms. The second-order valence-corrected chi connectivity index (χ2v) is 13.1. The molecule has 0 heterocycles. The van der Waals surface area contributed by atoms with E-state index >= 15 is 0 Å². The highest BCUT2D eigenvalue weighted by molar-refractivity contribution is 6.26. The molecule has 1 aromatic carbocycles. The number of aromatic hydroxyl groups is 1. The van der Waals surface area contributed by atoms with E-state index in [2.05, 4.69) is 31.2 Å². The molecule has 8 N–H and O–H groups in total. The number of nitrogens with zero attached hydrogens (tertiary/aromatic N) is 3. The molecular weight excluding hydrogens is 544 g/mol. The highest BCUT2D eigenvalue weighted by Crippen LogP contribution is 2.55. The van der Waals surface area contributed by atoms with Gasteiger partial charge in [0.05, 0.1) is 17.1 Å². The molecule has 0 radical (unpaired) electrons. The summed E-state index contributed by atoms with van der Waals surface area (Å²) >= 11 is 0. The number of ketones is 2. The van der Waals surface area contributed by atoms with Crippen molar-refractivity contribution in [1.82, 2.24) is 10.2 Å². The van der Waals surface area contributed by atoms with Crippen LogP contribution in [-0.2, 0) is 27.3 Å². The number of nitrogens with one attached hydrogen (secondary N) is 2. The molecule has 13 nitrogen and oxygen atoms in total. The van der Waals surface area contributed by atoms with Gasteiger partial charge in [0.1, 0.15) is 17.1 Å². The van der Waals surface area contributed by atoms with Crippen molar-refractivity contribution < 1.29 is 34.8 Å². The first-order valence-electron chi connectivity index (χ1n) is 13.6. The fourth-order valence-electron chi connectivity index (χ4n) is 6.69. The Balaban J connectivity index is 1.97. The highest BCUT2D eigenvalue weighted by Gasteiger charge is 2.71. The van der Waals surface area contributed by atoms with Crippen LogP contribution < -0.4 is 16.0 Å². The molecule has 0 aliphatic heterocycles. The number of anilines is 1. The van der Waals surface area contributed by atoms with Crippen LogP contribution in [0, 0.1) is 16.9 Å². The van der Waals surface area contributed by atoms with E-state index < -0.39 is 57.7 Å². The van der Waals surface area contributed by atoms with Gasteiger partial charge in [0.25, 0.3) is 0 Å². The topological polar surface area (TPSA) is 213 Å². The lowest BCUT2D eigenvalue weighted by Crippen LogP contribution is -2.80. The Labute approximate surface area is 244 Å². The fourth-order valence-corrected chi connectivity index (χ4v) is 6.69. The van der Waals surface area contributed by atoms with Crippen molar-refractivity contribution in [3.8, 4) is 5.75 Å². The SMILES string of the molecule is CN(C)c1cc(CNCC(C)(C)C)c(O)c2c1C[C@H]1C[C@@]3(N)C(N(C)C)C(=O)C(C(=O)N=N)=C(O)[C@@]3(O)C(=O)C1=C2O. The Morgan fingerprint density at radius 3 is 2.33 bits per heavy atom. The number of phenols is 1. The molecule has 0 bridgehead atoms. The Kier molecular flexibility index (Phi) is 7.64. The molecule has 1 saturated carbocycles. The maximum absolute atomic E-state index is 14.2. The van der Waals surface area contributed by atoms with Gasteiger partial charge in [-0.2, -0.15) is 0 Å². The van der Waals surface area contributed by atoms with Gasteiger partial charge >= 0.3 is 5.91 Å². The van der Waals surface area contributed by atoms with Gasteiger partial charge in [0, 0.05) is 44.0 Å². The number of aliphatic hydroxyl groups is 3. The number of hydrogen-bond acceptors (Lipinski definition) is 12. The number of fused-ring (bicyclic) bond motifs is 3. The Hall–Kier alpha value is -3.65. The summed E-state index contributed by atoms with van der Waals surface area (Å²) < 4.78 is 0. The third-order valence-corrected chi connectivity index (χ3v) is 8.49. The van der Waals surface area contributed by atoms with Crippen LogP contribution in [0.5, 0.6) is 5.75 Å². The van der Waals surface area contributed by atoms with Crippen molar-refractivity contribution >= 4 is 28.9 Å². The van der Waals surface area contributed by atoms with Crippen molar-refractivity contribution in [2.24, 2.45) is 22.2 Å². The van der Waals surface area contributed by atoms with Crippen LogP contribution in [0.2, 0.25) is 0 Å². The Bertz CT molecular complexity index is 1460. The van der Waals surface area contributed by atoms with Gasteiger partial charge < -0.3 is 36.4 Å². The van der Waals surface area contributed by atoms with E-state index in [1.807, 2.05) is 25.1 Å². The average molecular weight is 585 g/mol. The van der Waals surface area contributed by atoms with Crippen LogP contribution in [0.1, 0.15) is 43.9 Å². The van der Waals surface area contributed by atoms with Gasteiger partial charge in [-0.1, -0.05) is 20.8 Å². The molecule has 0 aromatic heterocycles. The molecule has 0 spiro atoms. The number of nitrogens with two attached hydrogens (primary N) is 1. The number of carbonyl (C=O) groups excluding carboxylic acids is 3. The van der Waals surface area contributed by atoms with Crippen LogP contribution in [0.4, 0.5) is 5.69 Å². The van der Waals surface area contributed by atoms with Crippen LogP contribution in [0.3, 0.4) is 0 Å². The lowest BCUT2D eigenvalue weighted by Gasteiger charge is -2.56. The molecule has 228 valence electrons. The molecule has 1 unspecified atom stereocenters. The normalized spacial score (nSPS) is 27.6. The maximum atomic E-state index is 14.2. The smallest absolute Gasteiger partial charge is 0.302 e. The van der Waals surface area contributed by atoms with E-state index in [4.69, 9.17) is 11.3 Å². The van der Waals surface area contributed by atoms with Crippen LogP contribution >= 0.6 is 0 Å². The molecule has 1 aromatic rings. The summed E-state index contributed by atoms with van der Waals surface area (Å²) in [5, 5.41) is 52.1. The molecule has 1 fully saturated rings. The van der Waals surface area contributed by atoms with Crippen molar-refractivity contribution in [3.63, 3.8) is 0 Å². The number of hydrogen-bond donors (Lipinski definition) is 7. The van der Waals surface area contributed by atoms with Gasteiger partial charge in [-0.3, -0.25) is 19.3 Å². The maximum Gasteiger partial charge on any atom is 0.302 e. The first-order valence-corrected chi connectivity index (χ1v) is 13.6. The molecule has 1 amide bonds. The number of aliphatic hydroxyl groups excluding tert-OH is 2. The molecule has 13 heteroatoms. The minimum absolute atomic E-state index is 0.0263. The summed E-state index contributed by atoms with van der Waals surface area (Å²) in [7, 11) is 6.57. The number of rotatable bonds is 6. The van der Waals surface area contributed by atoms with Crippen molar-refractivity contribution in [2.75, 3.05) is 39.6 Å². The van der Waals surface area contributed by atoms with E-state index in [0.717, 1.165) is 0 Å². The van der Waals surface area contributed by atoms with Gasteiger partial charge in [-0.15, -0.1) is 5.11 Å². The van der Waals surface area contributed by atoms with Crippen molar-refractivity contribution in [1.29, 1.82) is 5.53 Å². The summed E-state index contributed by atoms with van der Waals surface area (Å²) in [4.78, 5) is 43.3. The minimum atomic E-state index is -3.01. The molecule has 0 saturated heterocycles. The third-order valence-electron chi connectivity index (χ3n) is 8.49. The lowest BCUT2D eigenvalue weighted by atomic mass is 9.53. The predicted molar refractivity (Wildman–Crippen MR) is 154 cm³/mol. The monoisotopic (exact) mass is 584 g/mol. The number of phenolic OH excluding ortho intramolecular Hbond substituents is 1. The zero-order valence-electron chi connectivity index (χ0n) is 25.0. The van der Waals surface area contributed by atoms with Crippen molar-refractivity contribution in [2.45, 2.75) is 57.3 Å². The summed E-state index contributed by atoms with van der Waals surface area (Å²) in [6.45, 7) is 7.10. The van der Waals surface area contributed by atoms with Crippen molar-refractivity contribution in [3.05, 3.63) is 39.7 Å². The van der Waals surface area contributed by atoms with Gasteiger partial charge in [0.15, 0.2) is 11.5 Å². The van der Waals surface area contributed by atoms with Crippen LogP contribution in [0.25, 0.3) is 5.76 Å². The summed E-state index contributed by atoms with van der Waals surface area (Å²) in [6.07, 6.45) is -0.117. The van der Waals surface area contributed by atoms with E-state index in [-0.39, 0.29) is 41.7 Å². The summed E-state index contributed by atoms with van der Waals surface area (Å²) in [6, 6.07) is 0.358. The number of carbonyl (C=O) groups is 3. The second-order valence-electron chi connectivity index (χ2n) is 13.1. The van der Waals surface area contributed by atoms with Crippen LogP contribution in [-0.4, -0.2) is 94.7 Å². The molecular formula is C29H40N6O7. The van der Waals surface area contributed by atoms with E-state index in [1.165, 1.54) is 19.0 Å². The first-order chi connectivity index (χ1) is 19.3. The van der Waals surface area contributed by atoms with Gasteiger partial charge in [-0.25, -0.2) is 5.53 Å². The second kappa shape index (κ2) is 10.3. The van der Waals surface area contributed by atoms with Gasteiger partial charge in [0.2, 0.25) is 11.4 Å². The predicted octanol–water partition coefficient (Wildman–Crippen LogP) is 1.32. The first kappa shape index (κ1) is 31.3. The van der Waals surface area contributed by atoms with E-state index in [0.29, 0.717) is 23.4 Å². The van der Waals surface area contributed by atoms with E-state index in [1.54, 1.807) is 0 Å². The van der Waals surface area contributed by atoms with Crippen LogP contribution in [0.15, 0.2) is 28.1 Å². The molecule has 4 atom stereocenters. The molecule has 3 aliphatic carbocycles. The van der Waals surface area contributed by atoms with Gasteiger partial charge in [-0.05, 0) is 49.9 Å². The average Bonchev–Trinajstić information content (AvgIpc) is 2.86. The number of likely N-dealkylation sites (N-methyl/N-ethyl adjacent to an activating group) is 1. The zero-order chi connectivity index (χ0) is 31.7. The lowest BCUT2D eigenvalue weighted by molar-refractivity contribution is -0.157. The largest absolute Gasteiger partial charge is 0.508 e. The Morgan fingerprint density at radius 2 is 1.81 bits per heavy atom. The number of Topliss-reactive ketones (excluding diaryl/α,β-unsaturated/α-hetero) is 2. The van der Waals surface area contributed by atoms with E-state index in [9.17, 15) is 34.8 Å². The number of benzene rings is 1. The summed E-state index contributed by atoms with van der Waals surface area (Å²) in [5.74, 6) is -6.55. The molecule has 4 rings (SSSR count). The standard InChI is InChI=1S/C29H40N6O7/c1-27(2,3)12-32-11-14-9-16(34(4)5)15-8-13-10-28(30)23(35(6)7)22(38)19(26(41)33-31)25(40)29(28,42)24(39)17(13)21(37)18(15)20(14)36/h9,13,23,31-32,36-37,40,42H,8,10-12,30H2,1-7H3/t13-,23?,28+,29-/m0/s1. The zero-order valence-corrected chi connectivity index (χ0v) is 25.0. The Morgan fingerprint density at radius 1 is 1.19 bits per heavy atom. The fraction of sp³-hybridized carbons (Fsp3) is 0.552. The molecule has 3 aliphatic rings. The quantitative estimate of drug-likeness (QED) is 0.187. The highest BCUT2D eigenvalue weighted by atomic mass is 16.4. The number of amides is 1. The third kappa shape index (κ3) is 4.42.